The van der Waals surface area contributed by atoms with Crippen molar-refractivity contribution in [3.8, 4) is 0 Å². The van der Waals surface area contributed by atoms with Crippen LogP contribution in [0.3, 0.4) is 0 Å². The molecule has 2 fully saturated rings. The third-order valence-corrected chi connectivity index (χ3v) is 3.62. The van der Waals surface area contributed by atoms with E-state index in [0.717, 1.165) is 26.1 Å². The lowest BCUT2D eigenvalue weighted by Gasteiger charge is -2.38. The molecule has 3 nitrogen and oxygen atoms in total. The molecule has 0 saturated carbocycles. The molecule has 17 heavy (non-hydrogen) atoms. The van der Waals surface area contributed by atoms with Crippen molar-refractivity contribution < 1.29 is 13.9 Å². The fourth-order valence-corrected chi connectivity index (χ4v) is 2.74. The summed E-state index contributed by atoms with van der Waals surface area (Å²) in [6.45, 7) is 7.70. The molecular weight excluding hydrogens is 221 g/mol. The normalized spacial score (nSPS) is 33.0. The van der Waals surface area contributed by atoms with Gasteiger partial charge in [-0.2, -0.15) is 0 Å². The van der Waals surface area contributed by atoms with Crippen molar-refractivity contribution in [3.63, 3.8) is 0 Å². The van der Waals surface area contributed by atoms with Crippen LogP contribution >= 0.6 is 0 Å². The maximum atomic E-state index is 14.4. The van der Waals surface area contributed by atoms with Gasteiger partial charge in [0.15, 0.2) is 0 Å². The third kappa shape index (κ3) is 3.39. The molecule has 0 N–H and O–H groups in total. The Labute approximate surface area is 103 Å². The van der Waals surface area contributed by atoms with Crippen molar-refractivity contribution in [1.29, 1.82) is 0 Å². The second-order valence-electron chi connectivity index (χ2n) is 5.87. The average molecular weight is 245 g/mol. The van der Waals surface area contributed by atoms with Gasteiger partial charge < -0.3 is 9.47 Å². The second-order valence-corrected chi connectivity index (χ2v) is 5.87. The molecule has 2 heterocycles. The van der Waals surface area contributed by atoms with Gasteiger partial charge in [-0.3, -0.25) is 4.90 Å². The summed E-state index contributed by atoms with van der Waals surface area (Å²) in [4.78, 5) is 2.28. The SMILES string of the molecule is CC(C)OCC(C)(F)CN1C2CCC1COC2. The van der Waals surface area contributed by atoms with E-state index in [1.165, 1.54) is 0 Å². The zero-order chi connectivity index (χ0) is 12.5. The van der Waals surface area contributed by atoms with E-state index in [4.69, 9.17) is 9.47 Å². The van der Waals surface area contributed by atoms with Gasteiger partial charge in [0.2, 0.25) is 0 Å². The molecule has 0 aromatic rings. The maximum absolute atomic E-state index is 14.4. The lowest BCUT2D eigenvalue weighted by molar-refractivity contribution is -0.0649. The van der Waals surface area contributed by atoms with Gasteiger partial charge in [-0.1, -0.05) is 0 Å². The zero-order valence-electron chi connectivity index (χ0n) is 11.1. The van der Waals surface area contributed by atoms with Crippen LogP contribution in [0.1, 0.15) is 33.6 Å². The monoisotopic (exact) mass is 245 g/mol. The van der Waals surface area contributed by atoms with Gasteiger partial charge in [0.05, 0.1) is 25.9 Å². The summed E-state index contributed by atoms with van der Waals surface area (Å²) in [5.74, 6) is 0. The molecule has 2 aliphatic heterocycles. The van der Waals surface area contributed by atoms with Gasteiger partial charge in [0.25, 0.3) is 0 Å². The Bertz CT molecular complexity index is 242. The van der Waals surface area contributed by atoms with Gasteiger partial charge in [-0.25, -0.2) is 4.39 Å². The fourth-order valence-electron chi connectivity index (χ4n) is 2.74. The molecule has 2 bridgehead atoms. The highest BCUT2D eigenvalue weighted by atomic mass is 19.1. The van der Waals surface area contributed by atoms with E-state index in [-0.39, 0.29) is 12.7 Å². The van der Waals surface area contributed by atoms with Crippen molar-refractivity contribution >= 4 is 0 Å². The number of hydrogen-bond donors (Lipinski definition) is 0. The predicted octanol–water partition coefficient (Wildman–Crippen LogP) is 2.00. The summed E-state index contributed by atoms with van der Waals surface area (Å²) < 4.78 is 25.3. The van der Waals surface area contributed by atoms with Crippen LogP contribution in [0.25, 0.3) is 0 Å². The lowest BCUT2D eigenvalue weighted by Crippen LogP contribution is -2.52. The standard InChI is InChI=1S/C13H24FNO2/c1-10(2)17-9-13(3,14)8-15-11-4-5-12(15)7-16-6-11/h10-12H,4-9H2,1-3H3. The van der Waals surface area contributed by atoms with Crippen molar-refractivity contribution in [2.24, 2.45) is 0 Å². The first-order chi connectivity index (χ1) is 7.98. The van der Waals surface area contributed by atoms with Crippen LogP contribution in [0.4, 0.5) is 4.39 Å². The molecule has 0 amide bonds. The van der Waals surface area contributed by atoms with Gasteiger partial charge in [-0.15, -0.1) is 0 Å². The summed E-state index contributed by atoms with van der Waals surface area (Å²) in [7, 11) is 0. The highest BCUT2D eigenvalue weighted by Gasteiger charge is 2.41. The van der Waals surface area contributed by atoms with E-state index in [2.05, 4.69) is 4.90 Å². The first-order valence-corrected chi connectivity index (χ1v) is 6.62. The maximum Gasteiger partial charge on any atom is 0.144 e. The second kappa shape index (κ2) is 5.21. The van der Waals surface area contributed by atoms with E-state index in [0.29, 0.717) is 18.6 Å². The molecule has 3 atom stereocenters. The van der Waals surface area contributed by atoms with Crippen LogP contribution < -0.4 is 0 Å². The van der Waals surface area contributed by atoms with Crippen LogP contribution in [0, 0.1) is 0 Å². The molecule has 2 aliphatic rings. The Morgan fingerprint density at radius 1 is 1.35 bits per heavy atom. The molecule has 2 rings (SSSR count). The molecule has 0 spiro atoms. The molecule has 0 aromatic carbocycles. The van der Waals surface area contributed by atoms with E-state index in [1.54, 1.807) is 6.92 Å². The van der Waals surface area contributed by atoms with E-state index in [9.17, 15) is 4.39 Å². The van der Waals surface area contributed by atoms with Crippen molar-refractivity contribution in [3.05, 3.63) is 0 Å². The number of alkyl halides is 1. The van der Waals surface area contributed by atoms with Crippen molar-refractivity contribution in [1.82, 2.24) is 4.90 Å². The molecule has 0 radical (unpaired) electrons. The van der Waals surface area contributed by atoms with Crippen LogP contribution in [0.2, 0.25) is 0 Å². The van der Waals surface area contributed by atoms with Gasteiger partial charge in [0, 0.05) is 18.6 Å². The smallest absolute Gasteiger partial charge is 0.144 e. The number of fused-ring (bicyclic) bond motifs is 2. The van der Waals surface area contributed by atoms with E-state index < -0.39 is 5.67 Å². The minimum absolute atomic E-state index is 0.0893. The van der Waals surface area contributed by atoms with Crippen LogP contribution in [-0.2, 0) is 9.47 Å². The number of morpholine rings is 1. The third-order valence-electron chi connectivity index (χ3n) is 3.62. The number of hydrogen-bond acceptors (Lipinski definition) is 3. The molecule has 2 saturated heterocycles. The summed E-state index contributed by atoms with van der Waals surface area (Å²) >= 11 is 0. The lowest BCUT2D eigenvalue weighted by atomic mass is 10.1. The molecule has 3 unspecified atom stereocenters. The summed E-state index contributed by atoms with van der Waals surface area (Å²) in [6, 6.07) is 0.839. The number of rotatable bonds is 5. The zero-order valence-corrected chi connectivity index (χ0v) is 11.1. The van der Waals surface area contributed by atoms with Gasteiger partial charge in [0.1, 0.15) is 5.67 Å². The van der Waals surface area contributed by atoms with Crippen LogP contribution in [0.15, 0.2) is 0 Å². The van der Waals surface area contributed by atoms with Gasteiger partial charge in [-0.05, 0) is 33.6 Å². The number of ether oxygens (including phenoxy) is 2. The van der Waals surface area contributed by atoms with Crippen LogP contribution in [-0.4, -0.2) is 55.1 Å². The Hall–Kier alpha value is -0.190. The Morgan fingerprint density at radius 3 is 2.47 bits per heavy atom. The summed E-state index contributed by atoms with van der Waals surface area (Å²) in [5, 5.41) is 0. The highest BCUT2D eigenvalue weighted by Crippen LogP contribution is 2.31. The van der Waals surface area contributed by atoms with Gasteiger partial charge >= 0.3 is 0 Å². The van der Waals surface area contributed by atoms with E-state index in [1.807, 2.05) is 13.8 Å². The molecule has 4 heteroatoms. The first kappa shape index (κ1) is 13.2. The Morgan fingerprint density at radius 2 is 1.94 bits per heavy atom. The number of halogens is 1. The van der Waals surface area contributed by atoms with E-state index >= 15 is 0 Å². The average Bonchev–Trinajstić information content (AvgIpc) is 2.50. The fraction of sp³-hybridized carbons (Fsp3) is 1.00. The molecule has 100 valence electrons. The van der Waals surface area contributed by atoms with Crippen molar-refractivity contribution in [2.75, 3.05) is 26.4 Å². The minimum Gasteiger partial charge on any atom is -0.378 e. The summed E-state index contributed by atoms with van der Waals surface area (Å²) in [5.41, 5.74) is -1.26. The topological polar surface area (TPSA) is 21.7 Å². The minimum atomic E-state index is -1.26. The largest absolute Gasteiger partial charge is 0.378 e. The Kier molecular flexibility index (Phi) is 4.06. The molecular formula is C13H24FNO2. The highest BCUT2D eigenvalue weighted by molar-refractivity contribution is 4.94. The number of nitrogens with zero attached hydrogens (tertiary/aromatic N) is 1. The first-order valence-electron chi connectivity index (χ1n) is 6.62. The predicted molar refractivity (Wildman–Crippen MR) is 64.9 cm³/mol. The molecule has 0 aliphatic carbocycles. The van der Waals surface area contributed by atoms with Crippen LogP contribution in [0.5, 0.6) is 0 Å². The Balaban J connectivity index is 1.87. The molecule has 0 aromatic heterocycles. The van der Waals surface area contributed by atoms with Crippen molar-refractivity contribution in [2.45, 2.75) is 57.5 Å². The quantitative estimate of drug-likeness (QED) is 0.739. The summed E-state index contributed by atoms with van der Waals surface area (Å²) in [6.07, 6.45) is 2.38.